The lowest BCUT2D eigenvalue weighted by Crippen LogP contribution is -2.28. The van der Waals surface area contributed by atoms with Crippen molar-refractivity contribution in [2.45, 2.75) is 12.2 Å². The number of benzene rings is 2. The highest BCUT2D eigenvalue weighted by Gasteiger charge is 2.37. The molecule has 0 aliphatic heterocycles. The van der Waals surface area contributed by atoms with Crippen LogP contribution in [-0.4, -0.2) is 12.0 Å². The molecular formula is C15H12BrClF3NO. The quantitative estimate of drug-likeness (QED) is 0.769. The minimum atomic E-state index is -4.54. The summed E-state index contributed by atoms with van der Waals surface area (Å²) in [5, 5.41) is 0. The summed E-state index contributed by atoms with van der Waals surface area (Å²) in [6, 6.07) is 9.79. The monoisotopic (exact) mass is 393 g/mol. The first-order chi connectivity index (χ1) is 9.79. The molecule has 0 aliphatic rings. The number of hydrogen-bond donors (Lipinski definition) is 1. The van der Waals surface area contributed by atoms with Crippen molar-refractivity contribution in [3.63, 3.8) is 0 Å². The molecule has 2 rings (SSSR count). The van der Waals surface area contributed by atoms with Crippen LogP contribution in [0.2, 0.25) is 0 Å². The van der Waals surface area contributed by atoms with Gasteiger partial charge in [-0.1, -0.05) is 34.1 Å². The summed E-state index contributed by atoms with van der Waals surface area (Å²) in [5.41, 5.74) is 5.60. The molecule has 2 N–H and O–H groups in total. The van der Waals surface area contributed by atoms with Crippen molar-refractivity contribution in [3.05, 3.63) is 69.7 Å². The first-order valence-corrected chi connectivity index (χ1v) is 6.81. The highest BCUT2D eigenvalue weighted by molar-refractivity contribution is 9.10. The summed E-state index contributed by atoms with van der Waals surface area (Å²) in [6.45, 7) is 0. The van der Waals surface area contributed by atoms with Gasteiger partial charge >= 0.3 is 6.18 Å². The van der Waals surface area contributed by atoms with Crippen molar-refractivity contribution in [1.82, 2.24) is 0 Å². The van der Waals surface area contributed by atoms with E-state index < -0.39 is 12.2 Å². The predicted octanol–water partition coefficient (Wildman–Crippen LogP) is 4.66. The SMILES string of the molecule is Cl.N[C@H](c1cccc(C(=O)c2ccc(Br)cc2)c1)C(F)(F)F. The Bertz CT molecular complexity index is 659. The van der Waals surface area contributed by atoms with Gasteiger partial charge in [0.25, 0.3) is 0 Å². The van der Waals surface area contributed by atoms with E-state index in [0.717, 1.165) is 4.47 Å². The molecule has 0 aromatic heterocycles. The minimum Gasteiger partial charge on any atom is -0.316 e. The van der Waals surface area contributed by atoms with Crippen molar-refractivity contribution >= 4 is 34.1 Å². The number of rotatable bonds is 3. The molecule has 0 unspecified atom stereocenters. The molecule has 2 nitrogen and oxygen atoms in total. The highest BCUT2D eigenvalue weighted by atomic mass is 79.9. The molecule has 0 spiro atoms. The van der Waals surface area contributed by atoms with Crippen LogP contribution in [0, 0.1) is 0 Å². The smallest absolute Gasteiger partial charge is 0.316 e. The van der Waals surface area contributed by atoms with Crippen LogP contribution in [0.3, 0.4) is 0 Å². The van der Waals surface area contributed by atoms with E-state index in [4.69, 9.17) is 5.73 Å². The molecule has 0 saturated heterocycles. The highest BCUT2D eigenvalue weighted by Crippen LogP contribution is 2.31. The molecule has 0 aliphatic carbocycles. The Labute approximate surface area is 140 Å². The van der Waals surface area contributed by atoms with Gasteiger partial charge in [0.05, 0.1) is 0 Å². The van der Waals surface area contributed by atoms with Gasteiger partial charge in [-0.3, -0.25) is 4.79 Å². The molecule has 7 heteroatoms. The van der Waals surface area contributed by atoms with Gasteiger partial charge in [0, 0.05) is 15.6 Å². The molecule has 118 valence electrons. The van der Waals surface area contributed by atoms with Crippen LogP contribution >= 0.6 is 28.3 Å². The summed E-state index contributed by atoms with van der Waals surface area (Å²) in [7, 11) is 0. The topological polar surface area (TPSA) is 43.1 Å². The Hall–Kier alpha value is -1.37. The fourth-order valence-electron chi connectivity index (χ4n) is 1.83. The molecule has 0 bridgehead atoms. The zero-order valence-corrected chi connectivity index (χ0v) is 13.5. The third-order valence-electron chi connectivity index (χ3n) is 2.97. The number of alkyl halides is 3. The van der Waals surface area contributed by atoms with E-state index in [1.807, 2.05) is 0 Å². The molecule has 0 saturated carbocycles. The fraction of sp³-hybridized carbons (Fsp3) is 0.133. The Morgan fingerprint density at radius 2 is 1.64 bits per heavy atom. The summed E-state index contributed by atoms with van der Waals surface area (Å²) < 4.78 is 38.7. The lowest BCUT2D eigenvalue weighted by molar-refractivity contribution is -0.149. The summed E-state index contributed by atoms with van der Waals surface area (Å²) in [5.74, 6) is -0.348. The molecule has 1 atom stereocenters. The van der Waals surface area contributed by atoms with Crippen molar-refractivity contribution in [1.29, 1.82) is 0 Å². The molecule has 22 heavy (non-hydrogen) atoms. The summed E-state index contributed by atoms with van der Waals surface area (Å²) in [6.07, 6.45) is -4.54. The van der Waals surface area contributed by atoms with E-state index >= 15 is 0 Å². The van der Waals surface area contributed by atoms with Crippen molar-refractivity contribution < 1.29 is 18.0 Å². The third kappa shape index (κ3) is 4.32. The van der Waals surface area contributed by atoms with Crippen molar-refractivity contribution in [2.24, 2.45) is 5.73 Å². The lowest BCUT2D eigenvalue weighted by Gasteiger charge is -2.16. The van der Waals surface area contributed by atoms with Crippen LogP contribution in [0.4, 0.5) is 13.2 Å². The van der Waals surface area contributed by atoms with Crippen LogP contribution in [0.5, 0.6) is 0 Å². The van der Waals surface area contributed by atoms with E-state index in [2.05, 4.69) is 15.9 Å². The van der Waals surface area contributed by atoms with Gasteiger partial charge in [-0.15, -0.1) is 12.4 Å². The summed E-state index contributed by atoms with van der Waals surface area (Å²) >= 11 is 3.25. The first kappa shape index (κ1) is 18.7. The molecule has 2 aromatic carbocycles. The zero-order valence-electron chi connectivity index (χ0n) is 11.1. The predicted molar refractivity (Wildman–Crippen MR) is 84.2 cm³/mol. The number of carbonyl (C=O) groups excluding carboxylic acids is 1. The first-order valence-electron chi connectivity index (χ1n) is 6.01. The average molecular weight is 395 g/mol. The number of hydrogen-bond acceptors (Lipinski definition) is 2. The van der Waals surface area contributed by atoms with E-state index in [1.165, 1.54) is 24.3 Å². The van der Waals surface area contributed by atoms with Gasteiger partial charge < -0.3 is 5.73 Å². The van der Waals surface area contributed by atoms with Gasteiger partial charge in [-0.25, -0.2) is 0 Å². The maximum atomic E-state index is 12.6. The van der Waals surface area contributed by atoms with Crippen LogP contribution in [0.25, 0.3) is 0 Å². The number of ketones is 1. The standard InChI is InChI=1S/C15H11BrF3NO.ClH/c16-12-6-4-9(5-7-12)13(21)10-2-1-3-11(8-10)14(20)15(17,18)19;/h1-8,14H,20H2;1H/t14-;/m1./s1. The fourth-order valence-corrected chi connectivity index (χ4v) is 2.09. The molecule has 2 aromatic rings. The van der Waals surface area contributed by atoms with Gasteiger partial charge in [-0.2, -0.15) is 13.2 Å². The van der Waals surface area contributed by atoms with Crippen LogP contribution in [0.15, 0.2) is 53.0 Å². The van der Waals surface area contributed by atoms with E-state index in [0.29, 0.717) is 5.56 Å². The molecule has 0 heterocycles. The lowest BCUT2D eigenvalue weighted by atomic mass is 9.98. The molecule has 0 amide bonds. The number of carbonyl (C=O) groups is 1. The molecular weight excluding hydrogens is 383 g/mol. The average Bonchev–Trinajstić information content (AvgIpc) is 2.45. The van der Waals surface area contributed by atoms with Crippen molar-refractivity contribution in [2.75, 3.05) is 0 Å². The molecule has 0 radical (unpaired) electrons. The Kier molecular flexibility index (Phi) is 6.17. The Balaban J connectivity index is 0.00000242. The second-order valence-electron chi connectivity index (χ2n) is 4.48. The summed E-state index contributed by atoms with van der Waals surface area (Å²) in [4.78, 5) is 12.2. The maximum absolute atomic E-state index is 12.6. The van der Waals surface area contributed by atoms with E-state index in [1.54, 1.807) is 24.3 Å². The van der Waals surface area contributed by atoms with Gasteiger partial charge in [0.2, 0.25) is 0 Å². The van der Waals surface area contributed by atoms with E-state index in [-0.39, 0.29) is 29.3 Å². The van der Waals surface area contributed by atoms with Gasteiger partial charge in [-0.05, 0) is 35.9 Å². The second kappa shape index (κ2) is 7.26. The van der Waals surface area contributed by atoms with Crippen LogP contribution < -0.4 is 5.73 Å². The van der Waals surface area contributed by atoms with Gasteiger partial charge in [0.15, 0.2) is 5.78 Å². The van der Waals surface area contributed by atoms with Crippen LogP contribution in [0.1, 0.15) is 27.5 Å². The normalized spacial score (nSPS) is 12.4. The maximum Gasteiger partial charge on any atom is 0.407 e. The second-order valence-corrected chi connectivity index (χ2v) is 5.40. The largest absolute Gasteiger partial charge is 0.407 e. The minimum absolute atomic E-state index is 0. The molecule has 0 fully saturated rings. The van der Waals surface area contributed by atoms with Crippen molar-refractivity contribution in [3.8, 4) is 0 Å². The van der Waals surface area contributed by atoms with Crippen LogP contribution in [-0.2, 0) is 0 Å². The number of halogens is 5. The number of nitrogens with two attached hydrogens (primary N) is 1. The third-order valence-corrected chi connectivity index (χ3v) is 3.50. The zero-order chi connectivity index (χ0) is 15.6. The Morgan fingerprint density at radius 3 is 2.18 bits per heavy atom. The Morgan fingerprint density at radius 1 is 1.05 bits per heavy atom. The van der Waals surface area contributed by atoms with Gasteiger partial charge in [0.1, 0.15) is 6.04 Å². The van der Waals surface area contributed by atoms with E-state index in [9.17, 15) is 18.0 Å².